The number of rotatable bonds is 2. The summed E-state index contributed by atoms with van der Waals surface area (Å²) in [4.78, 5) is 24.1. The number of primary amides is 1. The third-order valence-electron chi connectivity index (χ3n) is 4.94. The lowest BCUT2D eigenvalue weighted by atomic mass is 9.84. The van der Waals surface area contributed by atoms with Gasteiger partial charge >= 0.3 is 0 Å². The number of hydrogen-bond donors (Lipinski definition) is 1. The Kier molecular flexibility index (Phi) is 3.27. The molecule has 4 rings (SSSR count). The summed E-state index contributed by atoms with van der Waals surface area (Å²) < 4.78 is 12.3. The molecule has 1 aromatic carbocycles. The summed E-state index contributed by atoms with van der Waals surface area (Å²) in [6.45, 7) is 0. The van der Waals surface area contributed by atoms with Crippen molar-refractivity contribution in [2.24, 2.45) is 5.73 Å². The Hall–Kier alpha value is -1.82. The van der Waals surface area contributed by atoms with E-state index in [0.717, 1.165) is 26.7 Å². The maximum Gasteiger partial charge on any atom is 0.225 e. The molecule has 1 aromatic rings. The molecule has 0 saturated carbocycles. The Morgan fingerprint density at radius 3 is 2.96 bits per heavy atom. The van der Waals surface area contributed by atoms with Crippen LogP contribution in [-0.2, 0) is 9.59 Å². The monoisotopic (exact) mass is 377 g/mol. The van der Waals surface area contributed by atoms with Crippen molar-refractivity contribution in [2.45, 2.75) is 37.7 Å². The van der Waals surface area contributed by atoms with Gasteiger partial charge in [0.15, 0.2) is 11.5 Å². The van der Waals surface area contributed by atoms with E-state index in [2.05, 4.69) is 15.9 Å². The van der Waals surface area contributed by atoms with Crippen LogP contribution in [0.5, 0.6) is 11.5 Å². The van der Waals surface area contributed by atoms with Gasteiger partial charge in [0.25, 0.3) is 0 Å². The molecule has 0 bridgehead atoms. The van der Waals surface area contributed by atoms with E-state index < -0.39 is 5.92 Å². The van der Waals surface area contributed by atoms with Crippen molar-refractivity contribution >= 4 is 33.2 Å². The second-order valence-electron chi connectivity index (χ2n) is 6.22. The number of ether oxygens (including phenoxy) is 2. The molecule has 1 heterocycles. The van der Waals surface area contributed by atoms with Gasteiger partial charge in [-0.25, -0.2) is 0 Å². The second-order valence-corrected chi connectivity index (χ2v) is 7.07. The van der Waals surface area contributed by atoms with Gasteiger partial charge in [-0.3, -0.25) is 9.59 Å². The van der Waals surface area contributed by atoms with Gasteiger partial charge in [-0.15, -0.1) is 0 Å². The second kappa shape index (κ2) is 5.09. The largest absolute Gasteiger partial charge is 0.493 e. The lowest BCUT2D eigenvalue weighted by Gasteiger charge is -2.21. The molecular formula is C17H16BrNO4. The van der Waals surface area contributed by atoms with E-state index in [1.54, 1.807) is 7.11 Å². The van der Waals surface area contributed by atoms with Gasteiger partial charge in [-0.2, -0.15) is 0 Å². The molecule has 120 valence electrons. The molecule has 5 nitrogen and oxygen atoms in total. The number of halogens is 1. The highest BCUT2D eigenvalue weighted by atomic mass is 79.9. The number of Topliss-reactive ketones (excluding diaryl/α,β-unsaturated/α-hetero) is 1. The summed E-state index contributed by atoms with van der Waals surface area (Å²) in [5.41, 5.74) is 9.58. The van der Waals surface area contributed by atoms with E-state index in [4.69, 9.17) is 15.2 Å². The Labute approximate surface area is 141 Å². The SMILES string of the molecule is COc1cc(Br)c2c3c1OC1CC(=O)CC(=C31)CCC2C(N)=O. The number of carbonyl (C=O) groups is 2. The van der Waals surface area contributed by atoms with Crippen LogP contribution in [0, 0.1) is 0 Å². The summed E-state index contributed by atoms with van der Waals surface area (Å²) in [7, 11) is 1.58. The van der Waals surface area contributed by atoms with Crippen molar-refractivity contribution in [1.82, 2.24) is 0 Å². The molecule has 0 fully saturated rings. The molecular weight excluding hydrogens is 362 g/mol. The van der Waals surface area contributed by atoms with Gasteiger partial charge in [0.05, 0.1) is 13.0 Å². The summed E-state index contributed by atoms with van der Waals surface area (Å²) in [5.74, 6) is 0.666. The van der Waals surface area contributed by atoms with Crippen LogP contribution in [0.1, 0.15) is 42.7 Å². The molecule has 3 aliphatic rings. The Morgan fingerprint density at radius 1 is 1.48 bits per heavy atom. The summed E-state index contributed by atoms with van der Waals surface area (Å²) in [6.07, 6.45) is 1.85. The van der Waals surface area contributed by atoms with E-state index >= 15 is 0 Å². The minimum Gasteiger partial charge on any atom is -0.493 e. The lowest BCUT2D eigenvalue weighted by Crippen LogP contribution is -2.23. The standard InChI is InChI=1S/C17H16BrNO4/c1-22-12-6-10(18)14-9(17(19)21)3-2-7-4-8(20)5-11-13(7)15(14)16(12)23-11/h6,9,11H,2-5H2,1H3,(H2,19,21). The molecule has 2 N–H and O–H groups in total. The molecule has 6 heteroatoms. The molecule has 2 unspecified atom stereocenters. The van der Waals surface area contributed by atoms with Crippen molar-refractivity contribution < 1.29 is 19.1 Å². The van der Waals surface area contributed by atoms with Crippen molar-refractivity contribution in [2.75, 3.05) is 7.11 Å². The van der Waals surface area contributed by atoms with E-state index in [-0.39, 0.29) is 17.8 Å². The van der Waals surface area contributed by atoms with E-state index in [1.807, 2.05) is 6.07 Å². The summed E-state index contributed by atoms with van der Waals surface area (Å²) >= 11 is 3.57. The van der Waals surface area contributed by atoms with E-state index in [9.17, 15) is 9.59 Å². The van der Waals surface area contributed by atoms with E-state index in [0.29, 0.717) is 37.2 Å². The fraction of sp³-hybridized carbons (Fsp3) is 0.412. The molecule has 1 aliphatic heterocycles. The van der Waals surface area contributed by atoms with Gasteiger partial charge in [0.1, 0.15) is 11.9 Å². The zero-order chi connectivity index (χ0) is 16.3. The summed E-state index contributed by atoms with van der Waals surface area (Å²) in [6, 6.07) is 1.81. The first-order chi connectivity index (χ1) is 11.0. The van der Waals surface area contributed by atoms with Crippen LogP contribution >= 0.6 is 15.9 Å². The normalized spacial score (nSPS) is 24.9. The number of benzene rings is 1. The first-order valence-corrected chi connectivity index (χ1v) is 8.41. The number of ketones is 1. The minimum absolute atomic E-state index is 0.179. The third-order valence-corrected chi connectivity index (χ3v) is 5.59. The van der Waals surface area contributed by atoms with Crippen LogP contribution in [0.25, 0.3) is 5.57 Å². The number of allylic oxidation sites excluding steroid dienone is 1. The van der Waals surface area contributed by atoms with Crippen LogP contribution in [0.2, 0.25) is 0 Å². The Balaban J connectivity index is 2.04. The maximum absolute atomic E-state index is 12.0. The van der Waals surface area contributed by atoms with Crippen LogP contribution < -0.4 is 15.2 Å². The Bertz CT molecular complexity index is 783. The van der Waals surface area contributed by atoms with Crippen LogP contribution in [-0.4, -0.2) is 24.9 Å². The molecule has 0 aromatic heterocycles. The first kappa shape index (κ1) is 14.8. The van der Waals surface area contributed by atoms with E-state index in [1.165, 1.54) is 0 Å². The smallest absolute Gasteiger partial charge is 0.225 e. The minimum atomic E-state index is -0.396. The van der Waals surface area contributed by atoms with Crippen molar-refractivity contribution in [3.8, 4) is 11.5 Å². The molecule has 23 heavy (non-hydrogen) atoms. The fourth-order valence-electron chi connectivity index (χ4n) is 3.99. The van der Waals surface area contributed by atoms with Crippen LogP contribution in [0.3, 0.4) is 0 Å². The average molecular weight is 378 g/mol. The first-order valence-electron chi connectivity index (χ1n) is 7.61. The lowest BCUT2D eigenvalue weighted by molar-refractivity contribution is -0.120. The summed E-state index contributed by atoms with van der Waals surface area (Å²) in [5, 5.41) is 0. The van der Waals surface area contributed by atoms with Crippen LogP contribution in [0.4, 0.5) is 0 Å². The van der Waals surface area contributed by atoms with Crippen LogP contribution in [0.15, 0.2) is 16.1 Å². The highest BCUT2D eigenvalue weighted by Gasteiger charge is 2.44. The predicted molar refractivity (Wildman–Crippen MR) is 87.4 cm³/mol. The topological polar surface area (TPSA) is 78.6 Å². The number of amides is 1. The number of methoxy groups -OCH3 is 1. The van der Waals surface area contributed by atoms with Crippen molar-refractivity contribution in [3.63, 3.8) is 0 Å². The fourth-order valence-corrected chi connectivity index (χ4v) is 4.68. The molecule has 2 atom stereocenters. The molecule has 0 saturated heterocycles. The highest BCUT2D eigenvalue weighted by Crippen LogP contribution is 2.56. The molecule has 1 amide bonds. The van der Waals surface area contributed by atoms with Crippen molar-refractivity contribution in [1.29, 1.82) is 0 Å². The molecule has 2 aliphatic carbocycles. The number of carbonyl (C=O) groups excluding carboxylic acids is 2. The molecule has 0 radical (unpaired) electrons. The quantitative estimate of drug-likeness (QED) is 0.859. The van der Waals surface area contributed by atoms with Crippen molar-refractivity contribution in [3.05, 3.63) is 27.2 Å². The number of hydrogen-bond acceptors (Lipinski definition) is 4. The van der Waals surface area contributed by atoms with Gasteiger partial charge in [-0.1, -0.05) is 21.5 Å². The molecule has 0 spiro atoms. The highest BCUT2D eigenvalue weighted by molar-refractivity contribution is 9.10. The van der Waals surface area contributed by atoms with Gasteiger partial charge in [0, 0.05) is 28.5 Å². The zero-order valence-electron chi connectivity index (χ0n) is 12.6. The predicted octanol–water partition coefficient (Wildman–Crippen LogP) is 2.70. The van der Waals surface area contributed by atoms with Gasteiger partial charge in [-0.05, 0) is 24.5 Å². The average Bonchev–Trinajstić information content (AvgIpc) is 2.76. The Morgan fingerprint density at radius 2 is 2.26 bits per heavy atom. The maximum atomic E-state index is 12.0. The third kappa shape index (κ3) is 2.04. The van der Waals surface area contributed by atoms with Gasteiger partial charge < -0.3 is 15.2 Å². The van der Waals surface area contributed by atoms with Gasteiger partial charge in [0.2, 0.25) is 5.91 Å². The zero-order valence-corrected chi connectivity index (χ0v) is 14.2. The number of nitrogens with two attached hydrogens (primary N) is 1.